The molecule has 3 nitrogen and oxygen atoms in total. The monoisotopic (exact) mass is 142 g/mol. The molecule has 0 radical (unpaired) electrons. The number of hydrogen-bond donors (Lipinski definition) is 1. The Balaban J connectivity index is 3.12. The predicted octanol–water partition coefficient (Wildman–Crippen LogP) is 1.77. The Morgan fingerprint density at radius 1 is 1.89 bits per heavy atom. The van der Waals surface area contributed by atoms with Crippen LogP contribution < -0.4 is 0 Å². The van der Waals surface area contributed by atoms with E-state index in [-0.39, 0.29) is 4.84 Å². The van der Waals surface area contributed by atoms with Crippen LogP contribution in [-0.2, 0) is 0 Å². The molecule has 4 heteroatoms. The summed E-state index contributed by atoms with van der Waals surface area (Å²) >= 11 is 4.63. The van der Waals surface area contributed by atoms with E-state index in [1.165, 1.54) is 0 Å². The standard InChI is InChI=1S/C5H6N2OS/c1-3(2)4-6-5(9)8-7-4/h1H2,2H3,(H,6,7,9). The van der Waals surface area contributed by atoms with E-state index in [0.29, 0.717) is 5.82 Å². The summed E-state index contributed by atoms with van der Waals surface area (Å²) in [4.78, 5) is 3.00. The fraction of sp³-hybridized carbons (Fsp3) is 0.200. The largest absolute Gasteiger partial charge is 0.324 e. The summed E-state index contributed by atoms with van der Waals surface area (Å²) in [5.41, 5.74) is 0.815. The van der Waals surface area contributed by atoms with Gasteiger partial charge in [-0.05, 0) is 24.7 Å². The summed E-state index contributed by atoms with van der Waals surface area (Å²) in [5.74, 6) is 0.611. The van der Waals surface area contributed by atoms with Gasteiger partial charge in [0.15, 0.2) is 5.82 Å². The lowest BCUT2D eigenvalue weighted by atomic mass is 10.3. The van der Waals surface area contributed by atoms with Crippen LogP contribution in [0.15, 0.2) is 11.1 Å². The Kier molecular flexibility index (Phi) is 1.48. The normalized spacial score (nSPS) is 9.44. The number of H-pyrrole nitrogens is 1. The highest BCUT2D eigenvalue weighted by Gasteiger charge is 1.95. The maximum absolute atomic E-state index is 4.63. The van der Waals surface area contributed by atoms with Crippen LogP contribution in [0.5, 0.6) is 0 Å². The Hall–Kier alpha value is -0.900. The molecular formula is C5H6N2OS. The first-order valence-electron chi connectivity index (χ1n) is 2.42. The van der Waals surface area contributed by atoms with Gasteiger partial charge in [0.2, 0.25) is 0 Å². The summed E-state index contributed by atoms with van der Waals surface area (Å²) < 4.78 is 4.57. The quantitative estimate of drug-likeness (QED) is 0.607. The van der Waals surface area contributed by atoms with Crippen molar-refractivity contribution >= 4 is 17.8 Å². The fourth-order valence-corrected chi connectivity index (χ4v) is 0.548. The van der Waals surface area contributed by atoms with Gasteiger partial charge in [-0.2, -0.15) is 0 Å². The molecule has 0 spiro atoms. The van der Waals surface area contributed by atoms with Crippen molar-refractivity contribution in [2.45, 2.75) is 6.92 Å². The highest BCUT2D eigenvalue weighted by Crippen LogP contribution is 2.02. The first-order chi connectivity index (χ1) is 4.20. The average molecular weight is 142 g/mol. The third-order valence-electron chi connectivity index (χ3n) is 0.845. The molecule has 1 heterocycles. The second-order valence-corrected chi connectivity index (χ2v) is 2.09. The van der Waals surface area contributed by atoms with Crippen LogP contribution in [0.2, 0.25) is 0 Å². The van der Waals surface area contributed by atoms with Crippen molar-refractivity contribution in [3.8, 4) is 0 Å². The number of nitrogens with zero attached hydrogens (tertiary/aromatic N) is 1. The Morgan fingerprint density at radius 3 is 2.78 bits per heavy atom. The minimum absolute atomic E-state index is 0.285. The first-order valence-corrected chi connectivity index (χ1v) is 2.83. The summed E-state index contributed by atoms with van der Waals surface area (Å²) in [7, 11) is 0. The molecule has 48 valence electrons. The summed E-state index contributed by atoms with van der Waals surface area (Å²) in [5, 5.41) is 3.58. The minimum Gasteiger partial charge on any atom is -0.324 e. The third kappa shape index (κ3) is 1.26. The van der Waals surface area contributed by atoms with Crippen molar-refractivity contribution in [3.05, 3.63) is 17.2 Å². The highest BCUT2D eigenvalue weighted by molar-refractivity contribution is 7.71. The zero-order chi connectivity index (χ0) is 6.85. The summed E-state index contributed by atoms with van der Waals surface area (Å²) in [6, 6.07) is 0. The van der Waals surface area contributed by atoms with Crippen LogP contribution in [0.25, 0.3) is 5.57 Å². The number of rotatable bonds is 1. The molecule has 0 aromatic carbocycles. The van der Waals surface area contributed by atoms with E-state index in [0.717, 1.165) is 5.57 Å². The van der Waals surface area contributed by atoms with Crippen LogP contribution in [-0.4, -0.2) is 10.1 Å². The molecule has 1 aromatic rings. The van der Waals surface area contributed by atoms with Crippen molar-refractivity contribution in [1.29, 1.82) is 0 Å². The number of aromatic nitrogens is 2. The number of hydrogen-bond acceptors (Lipinski definition) is 3. The molecule has 0 atom stereocenters. The van der Waals surface area contributed by atoms with Gasteiger partial charge < -0.3 is 4.52 Å². The highest BCUT2D eigenvalue weighted by atomic mass is 32.1. The Bertz CT molecular complexity index is 272. The topological polar surface area (TPSA) is 41.8 Å². The molecule has 0 bridgehead atoms. The number of allylic oxidation sites excluding steroid dienone is 1. The van der Waals surface area contributed by atoms with E-state index in [1.807, 2.05) is 6.92 Å². The molecule has 0 unspecified atom stereocenters. The van der Waals surface area contributed by atoms with Crippen LogP contribution in [0.4, 0.5) is 0 Å². The van der Waals surface area contributed by atoms with Gasteiger partial charge in [0.05, 0.1) is 0 Å². The number of aromatic amines is 1. The van der Waals surface area contributed by atoms with Crippen molar-refractivity contribution in [2.24, 2.45) is 0 Å². The lowest BCUT2D eigenvalue weighted by Gasteiger charge is -1.83. The second-order valence-electron chi connectivity index (χ2n) is 1.72. The molecule has 1 N–H and O–H groups in total. The lowest BCUT2D eigenvalue weighted by Crippen LogP contribution is -1.77. The molecule has 0 aliphatic carbocycles. The van der Waals surface area contributed by atoms with E-state index in [2.05, 4.69) is 33.5 Å². The molecule has 0 amide bonds. The maximum Gasteiger partial charge on any atom is 0.295 e. The van der Waals surface area contributed by atoms with Gasteiger partial charge in [0.1, 0.15) is 0 Å². The summed E-state index contributed by atoms with van der Waals surface area (Å²) in [6.07, 6.45) is 0. The minimum atomic E-state index is 0.285. The van der Waals surface area contributed by atoms with Crippen LogP contribution in [0, 0.1) is 4.84 Å². The predicted molar refractivity (Wildman–Crippen MR) is 36.4 cm³/mol. The van der Waals surface area contributed by atoms with Gasteiger partial charge in [-0.3, -0.25) is 4.98 Å². The zero-order valence-electron chi connectivity index (χ0n) is 4.97. The van der Waals surface area contributed by atoms with Crippen molar-refractivity contribution in [1.82, 2.24) is 10.1 Å². The van der Waals surface area contributed by atoms with E-state index in [9.17, 15) is 0 Å². The second kappa shape index (κ2) is 2.14. The van der Waals surface area contributed by atoms with Crippen LogP contribution in [0.3, 0.4) is 0 Å². The van der Waals surface area contributed by atoms with Crippen molar-refractivity contribution < 1.29 is 4.52 Å². The van der Waals surface area contributed by atoms with Gasteiger partial charge in [0, 0.05) is 0 Å². The first kappa shape index (κ1) is 6.22. The maximum atomic E-state index is 4.63. The van der Waals surface area contributed by atoms with Crippen LogP contribution in [0.1, 0.15) is 12.7 Å². The SMILES string of the molecule is C=C(C)c1noc(=S)[nH]1. The summed E-state index contributed by atoms with van der Waals surface area (Å²) in [6.45, 7) is 5.46. The van der Waals surface area contributed by atoms with Gasteiger partial charge in [-0.25, -0.2) is 0 Å². The van der Waals surface area contributed by atoms with Crippen molar-refractivity contribution in [3.63, 3.8) is 0 Å². The smallest absolute Gasteiger partial charge is 0.295 e. The van der Waals surface area contributed by atoms with Crippen molar-refractivity contribution in [2.75, 3.05) is 0 Å². The molecule has 1 aromatic heterocycles. The third-order valence-corrected chi connectivity index (χ3v) is 1.02. The number of nitrogens with one attached hydrogen (secondary N) is 1. The van der Waals surface area contributed by atoms with Gasteiger partial charge in [0.25, 0.3) is 4.84 Å². The molecular weight excluding hydrogens is 136 g/mol. The Morgan fingerprint density at radius 2 is 2.56 bits per heavy atom. The lowest BCUT2D eigenvalue weighted by molar-refractivity contribution is 0.403. The van der Waals surface area contributed by atoms with Gasteiger partial charge >= 0.3 is 0 Å². The molecule has 0 aliphatic rings. The molecule has 9 heavy (non-hydrogen) atoms. The van der Waals surface area contributed by atoms with E-state index < -0.39 is 0 Å². The van der Waals surface area contributed by atoms with E-state index in [1.54, 1.807) is 0 Å². The van der Waals surface area contributed by atoms with Gasteiger partial charge in [-0.1, -0.05) is 11.7 Å². The fourth-order valence-electron chi connectivity index (χ4n) is 0.414. The Labute approximate surface area is 57.4 Å². The van der Waals surface area contributed by atoms with Crippen LogP contribution >= 0.6 is 12.2 Å². The van der Waals surface area contributed by atoms with E-state index in [4.69, 9.17) is 0 Å². The molecule has 1 rings (SSSR count). The van der Waals surface area contributed by atoms with Gasteiger partial charge in [-0.15, -0.1) is 0 Å². The average Bonchev–Trinajstić information content (AvgIpc) is 2.14. The molecule has 0 saturated heterocycles. The molecule has 0 saturated carbocycles. The van der Waals surface area contributed by atoms with E-state index >= 15 is 0 Å². The molecule has 0 fully saturated rings. The zero-order valence-corrected chi connectivity index (χ0v) is 5.79. The molecule has 0 aliphatic heterocycles.